The van der Waals surface area contributed by atoms with Crippen molar-refractivity contribution in [3.63, 3.8) is 0 Å². The molecule has 0 bridgehead atoms. The van der Waals surface area contributed by atoms with Gasteiger partial charge in [-0.25, -0.2) is 4.98 Å². The van der Waals surface area contributed by atoms with Gasteiger partial charge in [-0.3, -0.25) is 4.68 Å². The number of anilines is 1. The van der Waals surface area contributed by atoms with Gasteiger partial charge in [0.1, 0.15) is 17.3 Å². The number of nitrogen functional groups attached to an aromatic ring is 1. The molecule has 2 rings (SSSR count). The second-order valence-electron chi connectivity index (χ2n) is 4.97. The molecule has 0 aliphatic carbocycles. The first kappa shape index (κ1) is 13.6. The molecule has 5 nitrogen and oxygen atoms in total. The second-order valence-corrected chi connectivity index (χ2v) is 4.97. The third kappa shape index (κ3) is 2.50. The minimum atomic E-state index is 0.765. The summed E-state index contributed by atoms with van der Waals surface area (Å²) in [5.41, 5.74) is 9.18. The van der Waals surface area contributed by atoms with E-state index in [1.807, 2.05) is 24.9 Å². The van der Waals surface area contributed by atoms with E-state index in [9.17, 15) is 0 Å². The summed E-state index contributed by atoms with van der Waals surface area (Å²) in [6, 6.07) is 0. The Labute approximate surface area is 114 Å². The molecule has 0 unspecified atom stereocenters. The minimum Gasteiger partial charge on any atom is -0.383 e. The average Bonchev–Trinajstić information content (AvgIpc) is 2.83. The second kappa shape index (κ2) is 5.47. The van der Waals surface area contributed by atoms with E-state index in [0.29, 0.717) is 0 Å². The van der Waals surface area contributed by atoms with Gasteiger partial charge in [-0.1, -0.05) is 13.8 Å². The van der Waals surface area contributed by atoms with Crippen molar-refractivity contribution in [2.75, 3.05) is 5.73 Å². The van der Waals surface area contributed by atoms with Crippen LogP contribution in [0.25, 0.3) is 11.3 Å². The summed E-state index contributed by atoms with van der Waals surface area (Å²) in [5.74, 6) is 1.85. The standard InChI is InChI=1S/C14H23N5/c1-5-7-12-16-13(14(15)19(12)8-6-2)11-9-18(4)17-10(11)3/h9H,5-8,15H2,1-4H3. The van der Waals surface area contributed by atoms with Crippen LogP contribution in [0.2, 0.25) is 0 Å². The zero-order chi connectivity index (χ0) is 14.0. The van der Waals surface area contributed by atoms with Crippen LogP contribution in [0.15, 0.2) is 6.20 Å². The van der Waals surface area contributed by atoms with Crippen molar-refractivity contribution in [2.45, 2.75) is 46.6 Å². The Bertz CT molecular complexity index is 565. The van der Waals surface area contributed by atoms with Gasteiger partial charge in [0.05, 0.1) is 5.69 Å². The fourth-order valence-corrected chi connectivity index (χ4v) is 2.43. The number of imidazole rings is 1. The van der Waals surface area contributed by atoms with Crippen LogP contribution < -0.4 is 5.73 Å². The molecule has 0 amide bonds. The van der Waals surface area contributed by atoms with Crippen molar-refractivity contribution in [2.24, 2.45) is 7.05 Å². The number of aromatic nitrogens is 4. The zero-order valence-corrected chi connectivity index (χ0v) is 12.3. The molecule has 0 spiro atoms. The third-order valence-electron chi connectivity index (χ3n) is 3.28. The predicted molar refractivity (Wildman–Crippen MR) is 77.9 cm³/mol. The van der Waals surface area contributed by atoms with Crippen LogP contribution in [0.5, 0.6) is 0 Å². The van der Waals surface area contributed by atoms with E-state index in [2.05, 4.69) is 23.5 Å². The molecule has 0 saturated heterocycles. The van der Waals surface area contributed by atoms with E-state index in [0.717, 1.165) is 54.4 Å². The number of hydrogen-bond donors (Lipinski definition) is 1. The highest BCUT2D eigenvalue weighted by molar-refractivity contribution is 5.72. The fraction of sp³-hybridized carbons (Fsp3) is 0.571. The normalized spacial score (nSPS) is 11.2. The Kier molecular flexibility index (Phi) is 3.93. The lowest BCUT2D eigenvalue weighted by Crippen LogP contribution is -2.06. The Balaban J connectivity index is 2.52. The van der Waals surface area contributed by atoms with E-state index >= 15 is 0 Å². The first-order valence-corrected chi connectivity index (χ1v) is 6.93. The predicted octanol–water partition coefficient (Wildman–Crippen LogP) is 2.54. The molecule has 2 aromatic heterocycles. The van der Waals surface area contributed by atoms with Crippen molar-refractivity contribution in [3.8, 4) is 11.3 Å². The molecule has 0 saturated carbocycles. The van der Waals surface area contributed by atoms with Crippen molar-refractivity contribution >= 4 is 5.82 Å². The van der Waals surface area contributed by atoms with Gasteiger partial charge in [-0.05, 0) is 19.8 Å². The maximum absolute atomic E-state index is 6.29. The van der Waals surface area contributed by atoms with E-state index in [-0.39, 0.29) is 0 Å². The van der Waals surface area contributed by atoms with Gasteiger partial charge in [0.25, 0.3) is 0 Å². The van der Waals surface area contributed by atoms with Gasteiger partial charge in [0, 0.05) is 31.8 Å². The number of rotatable bonds is 5. The van der Waals surface area contributed by atoms with Crippen LogP contribution in [0, 0.1) is 6.92 Å². The molecule has 2 aromatic rings. The van der Waals surface area contributed by atoms with Crippen LogP contribution in [-0.4, -0.2) is 19.3 Å². The Hall–Kier alpha value is -1.78. The van der Waals surface area contributed by atoms with E-state index in [4.69, 9.17) is 10.7 Å². The highest BCUT2D eigenvalue weighted by atomic mass is 15.3. The molecule has 2 heterocycles. The van der Waals surface area contributed by atoms with Crippen molar-refractivity contribution in [3.05, 3.63) is 17.7 Å². The summed E-state index contributed by atoms with van der Waals surface area (Å²) < 4.78 is 3.95. The topological polar surface area (TPSA) is 61.7 Å². The molecule has 0 atom stereocenters. The highest BCUT2D eigenvalue weighted by Gasteiger charge is 2.18. The number of nitrogens with two attached hydrogens (primary N) is 1. The SMILES string of the molecule is CCCc1nc(-c2cn(C)nc2C)c(N)n1CCC. The Morgan fingerprint density at radius 3 is 2.53 bits per heavy atom. The summed E-state index contributed by atoms with van der Waals surface area (Å²) in [4.78, 5) is 4.75. The van der Waals surface area contributed by atoms with Gasteiger partial charge < -0.3 is 10.3 Å². The van der Waals surface area contributed by atoms with Crippen molar-refractivity contribution in [1.29, 1.82) is 0 Å². The quantitative estimate of drug-likeness (QED) is 0.899. The molecular weight excluding hydrogens is 238 g/mol. The van der Waals surface area contributed by atoms with Crippen LogP contribution in [0.3, 0.4) is 0 Å². The molecule has 2 N–H and O–H groups in total. The summed E-state index contributed by atoms with van der Waals surface area (Å²) in [7, 11) is 1.92. The molecule has 104 valence electrons. The van der Waals surface area contributed by atoms with E-state index in [1.54, 1.807) is 0 Å². The molecule has 0 aliphatic rings. The molecule has 19 heavy (non-hydrogen) atoms. The van der Waals surface area contributed by atoms with Gasteiger partial charge in [0.15, 0.2) is 0 Å². The third-order valence-corrected chi connectivity index (χ3v) is 3.28. The van der Waals surface area contributed by atoms with Gasteiger partial charge in [-0.15, -0.1) is 0 Å². The lowest BCUT2D eigenvalue weighted by atomic mass is 10.2. The fourth-order valence-electron chi connectivity index (χ4n) is 2.43. The van der Waals surface area contributed by atoms with Crippen LogP contribution >= 0.6 is 0 Å². The molecule has 0 radical (unpaired) electrons. The van der Waals surface area contributed by atoms with E-state index in [1.165, 1.54) is 0 Å². The van der Waals surface area contributed by atoms with Crippen LogP contribution in [0.4, 0.5) is 5.82 Å². The summed E-state index contributed by atoms with van der Waals surface area (Å²) in [6.45, 7) is 7.24. The average molecular weight is 261 g/mol. The maximum Gasteiger partial charge on any atom is 0.131 e. The molecule has 0 aliphatic heterocycles. The number of aryl methyl sites for hydroxylation is 3. The summed E-state index contributed by atoms with van der Waals surface area (Å²) in [6.07, 6.45) is 5.08. The van der Waals surface area contributed by atoms with Crippen molar-refractivity contribution in [1.82, 2.24) is 19.3 Å². The van der Waals surface area contributed by atoms with Gasteiger partial charge in [0.2, 0.25) is 0 Å². The number of nitrogens with zero attached hydrogens (tertiary/aromatic N) is 4. The lowest BCUT2D eigenvalue weighted by molar-refractivity contribution is 0.637. The van der Waals surface area contributed by atoms with Crippen LogP contribution in [-0.2, 0) is 20.0 Å². The van der Waals surface area contributed by atoms with Gasteiger partial charge in [-0.2, -0.15) is 5.10 Å². The van der Waals surface area contributed by atoms with Crippen molar-refractivity contribution < 1.29 is 0 Å². The number of hydrogen-bond acceptors (Lipinski definition) is 3. The Morgan fingerprint density at radius 2 is 2.00 bits per heavy atom. The van der Waals surface area contributed by atoms with Crippen LogP contribution in [0.1, 0.15) is 38.2 Å². The first-order valence-electron chi connectivity index (χ1n) is 6.93. The molecule has 5 heteroatoms. The Morgan fingerprint density at radius 1 is 1.26 bits per heavy atom. The van der Waals surface area contributed by atoms with E-state index < -0.39 is 0 Å². The summed E-state index contributed by atoms with van der Waals surface area (Å²) >= 11 is 0. The minimum absolute atomic E-state index is 0.765. The lowest BCUT2D eigenvalue weighted by Gasteiger charge is -2.07. The molecular formula is C14H23N5. The first-order chi connectivity index (χ1) is 9.08. The maximum atomic E-state index is 6.29. The van der Waals surface area contributed by atoms with Gasteiger partial charge >= 0.3 is 0 Å². The highest BCUT2D eigenvalue weighted by Crippen LogP contribution is 2.29. The monoisotopic (exact) mass is 261 g/mol. The molecule has 0 aromatic carbocycles. The largest absolute Gasteiger partial charge is 0.383 e. The smallest absolute Gasteiger partial charge is 0.131 e. The zero-order valence-electron chi connectivity index (χ0n) is 12.3. The summed E-state index contributed by atoms with van der Waals surface area (Å²) in [5, 5.41) is 4.37. The molecule has 0 fully saturated rings.